The molecule has 0 spiro atoms. The van der Waals surface area contributed by atoms with Gasteiger partial charge in [0, 0.05) is 12.6 Å². The summed E-state index contributed by atoms with van der Waals surface area (Å²) in [5, 5.41) is 3.27. The van der Waals surface area contributed by atoms with Crippen LogP contribution in [0.25, 0.3) is 0 Å². The normalized spacial score (nSPS) is 11.4. The summed E-state index contributed by atoms with van der Waals surface area (Å²) in [5.74, 6) is 1.07. The van der Waals surface area contributed by atoms with Gasteiger partial charge in [0.15, 0.2) is 11.5 Å². The van der Waals surface area contributed by atoms with Crippen LogP contribution in [0.2, 0.25) is 0 Å². The van der Waals surface area contributed by atoms with Crippen molar-refractivity contribution in [2.24, 2.45) is 0 Å². The van der Waals surface area contributed by atoms with E-state index in [1.807, 2.05) is 19.9 Å². The Hall–Kier alpha value is -2.25. The minimum Gasteiger partial charge on any atom is -0.497 e. The maximum Gasteiger partial charge on any atom is 0.339 e. The Balaban J connectivity index is 2.27. The van der Waals surface area contributed by atoms with Gasteiger partial charge in [-0.05, 0) is 42.0 Å². The van der Waals surface area contributed by atoms with E-state index in [1.54, 1.807) is 24.3 Å². The average Bonchev–Trinajstić information content (AvgIpc) is 2.60. The molecule has 6 nitrogen and oxygen atoms in total. The van der Waals surface area contributed by atoms with E-state index in [0.29, 0.717) is 24.1 Å². The van der Waals surface area contributed by atoms with Gasteiger partial charge in [0.2, 0.25) is 0 Å². The van der Waals surface area contributed by atoms with Gasteiger partial charge in [-0.25, -0.2) is 0 Å². The second-order valence-electron chi connectivity index (χ2n) is 5.73. The van der Waals surface area contributed by atoms with Crippen LogP contribution >= 0.6 is 0 Å². The predicted octanol–water partition coefficient (Wildman–Crippen LogP) is 2.97. The van der Waals surface area contributed by atoms with Gasteiger partial charge < -0.3 is 19.0 Å². The van der Waals surface area contributed by atoms with E-state index in [0.717, 1.165) is 5.56 Å². The second kappa shape index (κ2) is 8.22. The summed E-state index contributed by atoms with van der Waals surface area (Å²) in [6, 6.07) is 11.5. The third kappa shape index (κ3) is 5.11. The molecular formula is C18H23NO5S. The van der Waals surface area contributed by atoms with Crippen molar-refractivity contribution < 1.29 is 22.1 Å². The molecule has 0 radical (unpaired) electrons. The Morgan fingerprint density at radius 1 is 0.960 bits per heavy atom. The zero-order valence-electron chi connectivity index (χ0n) is 14.8. The van der Waals surface area contributed by atoms with Crippen LogP contribution in [0.15, 0.2) is 47.4 Å². The minimum atomic E-state index is -3.97. The molecular weight excluding hydrogens is 342 g/mol. The van der Waals surface area contributed by atoms with Crippen LogP contribution in [0.1, 0.15) is 19.4 Å². The Morgan fingerprint density at radius 3 is 2.20 bits per heavy atom. The number of hydrogen-bond donors (Lipinski definition) is 1. The third-order valence-electron chi connectivity index (χ3n) is 3.49. The van der Waals surface area contributed by atoms with Crippen LogP contribution in [0.5, 0.6) is 17.2 Å². The average molecular weight is 365 g/mol. The number of rotatable bonds is 8. The molecule has 0 aliphatic carbocycles. The topological polar surface area (TPSA) is 73.9 Å². The van der Waals surface area contributed by atoms with Gasteiger partial charge in [-0.1, -0.05) is 19.9 Å². The van der Waals surface area contributed by atoms with Crippen molar-refractivity contribution in [1.82, 2.24) is 5.32 Å². The number of nitrogens with one attached hydrogen (secondary N) is 1. The predicted molar refractivity (Wildman–Crippen MR) is 95.8 cm³/mol. The molecule has 2 aromatic carbocycles. The molecule has 2 aromatic rings. The van der Waals surface area contributed by atoms with Crippen LogP contribution in [-0.4, -0.2) is 28.7 Å². The first-order valence-corrected chi connectivity index (χ1v) is 9.25. The lowest BCUT2D eigenvalue weighted by Gasteiger charge is -2.14. The van der Waals surface area contributed by atoms with Crippen LogP contribution < -0.4 is 19.0 Å². The summed E-state index contributed by atoms with van der Waals surface area (Å²) >= 11 is 0. The highest BCUT2D eigenvalue weighted by molar-refractivity contribution is 7.87. The third-order valence-corrected chi connectivity index (χ3v) is 4.74. The molecule has 0 unspecified atom stereocenters. The minimum absolute atomic E-state index is 0.0426. The molecule has 0 heterocycles. The summed E-state index contributed by atoms with van der Waals surface area (Å²) in [6.45, 7) is 4.67. The van der Waals surface area contributed by atoms with Gasteiger partial charge in [-0.15, -0.1) is 0 Å². The van der Waals surface area contributed by atoms with Gasteiger partial charge in [-0.3, -0.25) is 0 Å². The van der Waals surface area contributed by atoms with E-state index in [-0.39, 0.29) is 10.6 Å². The van der Waals surface area contributed by atoms with Gasteiger partial charge in [0.1, 0.15) is 10.6 Å². The van der Waals surface area contributed by atoms with E-state index in [4.69, 9.17) is 13.7 Å². The lowest BCUT2D eigenvalue weighted by molar-refractivity contribution is 0.390. The van der Waals surface area contributed by atoms with Crippen molar-refractivity contribution in [3.8, 4) is 17.2 Å². The summed E-state index contributed by atoms with van der Waals surface area (Å²) in [4.78, 5) is 0.0426. The van der Waals surface area contributed by atoms with Gasteiger partial charge in [-0.2, -0.15) is 8.42 Å². The largest absolute Gasteiger partial charge is 0.497 e. The van der Waals surface area contributed by atoms with Crippen LogP contribution in [0.3, 0.4) is 0 Å². The molecule has 0 amide bonds. The Bertz CT molecular complexity index is 801. The van der Waals surface area contributed by atoms with Gasteiger partial charge in [0.05, 0.1) is 14.2 Å². The van der Waals surface area contributed by atoms with E-state index < -0.39 is 10.1 Å². The molecule has 1 N–H and O–H groups in total. The van der Waals surface area contributed by atoms with E-state index >= 15 is 0 Å². The molecule has 0 bridgehead atoms. The fourth-order valence-corrected chi connectivity index (χ4v) is 3.06. The SMILES string of the molecule is COc1ccc(S(=O)(=O)Oc2cc(CNC(C)C)ccc2OC)cc1. The summed E-state index contributed by atoms with van der Waals surface area (Å²) in [5.41, 5.74) is 0.898. The monoisotopic (exact) mass is 365 g/mol. The van der Waals surface area contributed by atoms with Crippen molar-refractivity contribution in [1.29, 1.82) is 0 Å². The second-order valence-corrected chi connectivity index (χ2v) is 7.28. The molecule has 0 saturated carbocycles. The highest BCUT2D eigenvalue weighted by Crippen LogP contribution is 2.31. The van der Waals surface area contributed by atoms with Gasteiger partial charge in [0.25, 0.3) is 0 Å². The summed E-state index contributed by atoms with van der Waals surface area (Å²) in [7, 11) is -0.993. The first-order chi connectivity index (χ1) is 11.9. The van der Waals surface area contributed by atoms with Crippen LogP contribution in [-0.2, 0) is 16.7 Å². The van der Waals surface area contributed by atoms with Crippen molar-refractivity contribution in [3.05, 3.63) is 48.0 Å². The van der Waals surface area contributed by atoms with Crippen molar-refractivity contribution in [2.45, 2.75) is 31.3 Å². The zero-order chi connectivity index (χ0) is 18.4. The van der Waals surface area contributed by atoms with Crippen molar-refractivity contribution >= 4 is 10.1 Å². The molecule has 0 aromatic heterocycles. The highest BCUT2D eigenvalue weighted by atomic mass is 32.2. The zero-order valence-corrected chi connectivity index (χ0v) is 15.6. The van der Waals surface area contributed by atoms with E-state index in [9.17, 15) is 8.42 Å². The molecule has 0 aliphatic rings. The maximum absolute atomic E-state index is 12.5. The lowest BCUT2D eigenvalue weighted by Crippen LogP contribution is -2.21. The van der Waals surface area contributed by atoms with Crippen LogP contribution in [0.4, 0.5) is 0 Å². The Labute approximate surface area is 148 Å². The molecule has 136 valence electrons. The quantitative estimate of drug-likeness (QED) is 0.725. The fraction of sp³-hybridized carbons (Fsp3) is 0.333. The number of methoxy groups -OCH3 is 2. The molecule has 25 heavy (non-hydrogen) atoms. The summed E-state index contributed by atoms with van der Waals surface area (Å²) < 4.78 is 40.6. The van der Waals surface area contributed by atoms with Gasteiger partial charge >= 0.3 is 10.1 Å². The molecule has 7 heteroatoms. The Morgan fingerprint density at radius 2 is 1.64 bits per heavy atom. The fourth-order valence-electron chi connectivity index (χ4n) is 2.13. The van der Waals surface area contributed by atoms with E-state index in [2.05, 4.69) is 5.32 Å². The molecule has 0 atom stereocenters. The standard InChI is InChI=1S/C18H23NO5S/c1-13(2)19-12-14-5-10-17(23-4)18(11-14)24-25(20,21)16-8-6-15(22-3)7-9-16/h5-11,13,19H,12H2,1-4H3. The molecule has 2 rings (SSSR count). The first-order valence-electron chi connectivity index (χ1n) is 7.84. The first kappa shape index (κ1) is 19.1. The number of benzene rings is 2. The molecule has 0 saturated heterocycles. The number of hydrogen-bond acceptors (Lipinski definition) is 6. The maximum atomic E-state index is 12.5. The van der Waals surface area contributed by atoms with E-state index in [1.165, 1.54) is 26.4 Å². The van der Waals surface area contributed by atoms with Crippen molar-refractivity contribution in [3.63, 3.8) is 0 Å². The molecule has 0 aliphatic heterocycles. The summed E-state index contributed by atoms with van der Waals surface area (Å²) in [6.07, 6.45) is 0. The number of ether oxygens (including phenoxy) is 2. The highest BCUT2D eigenvalue weighted by Gasteiger charge is 2.19. The Kier molecular flexibility index (Phi) is 6.27. The smallest absolute Gasteiger partial charge is 0.339 e. The van der Waals surface area contributed by atoms with Crippen molar-refractivity contribution in [2.75, 3.05) is 14.2 Å². The lowest BCUT2D eigenvalue weighted by atomic mass is 10.2. The molecule has 0 fully saturated rings. The van der Waals surface area contributed by atoms with Crippen LogP contribution in [0, 0.1) is 0 Å².